The molecule has 4 nitrogen and oxygen atoms in total. The molecule has 0 aromatic rings. The molecule has 0 saturated carbocycles. The normalized spacial score (nSPS) is 12.0. The number of hydrogen-bond acceptors (Lipinski definition) is 4. The highest BCUT2D eigenvalue weighted by Gasteiger charge is 2.46. The fourth-order valence-corrected chi connectivity index (χ4v) is 1.34. The molecule has 0 aromatic carbocycles. The first-order valence-electron chi connectivity index (χ1n) is 4.98. The topological polar surface area (TPSA) is 52.6 Å². The SMILES string of the molecule is [2H]C=CCC([13CH2]C=C)(C(=O)OC)C(=O)OC. The second kappa shape index (κ2) is 6.01. The van der Waals surface area contributed by atoms with Crippen LogP contribution in [0.2, 0.25) is 0 Å². The van der Waals surface area contributed by atoms with Gasteiger partial charge in [-0.2, -0.15) is 0 Å². The number of ether oxygens (including phenoxy) is 2. The van der Waals surface area contributed by atoms with Gasteiger partial charge in [-0.15, -0.1) is 13.1 Å². The van der Waals surface area contributed by atoms with Crippen LogP contribution in [0.3, 0.4) is 0 Å². The van der Waals surface area contributed by atoms with E-state index in [-0.39, 0.29) is 12.8 Å². The highest BCUT2D eigenvalue weighted by Crippen LogP contribution is 2.31. The van der Waals surface area contributed by atoms with E-state index in [1.165, 1.54) is 26.4 Å². The summed E-state index contributed by atoms with van der Waals surface area (Å²) in [6, 6.07) is 0. The third-order valence-corrected chi connectivity index (χ3v) is 2.11. The summed E-state index contributed by atoms with van der Waals surface area (Å²) in [5.41, 5.74) is -1.43. The van der Waals surface area contributed by atoms with Crippen molar-refractivity contribution in [3.8, 4) is 0 Å². The van der Waals surface area contributed by atoms with Gasteiger partial charge in [0.25, 0.3) is 0 Å². The molecule has 0 heterocycles. The van der Waals surface area contributed by atoms with Gasteiger partial charge in [-0.1, -0.05) is 12.2 Å². The lowest BCUT2D eigenvalue weighted by molar-refractivity contribution is -0.168. The van der Waals surface area contributed by atoms with Crippen molar-refractivity contribution in [1.29, 1.82) is 0 Å². The van der Waals surface area contributed by atoms with Gasteiger partial charge < -0.3 is 9.47 Å². The zero-order valence-electron chi connectivity index (χ0n) is 9.99. The van der Waals surface area contributed by atoms with E-state index >= 15 is 0 Å². The Balaban J connectivity index is 5.27. The summed E-state index contributed by atoms with van der Waals surface area (Å²) >= 11 is 0. The van der Waals surface area contributed by atoms with Crippen molar-refractivity contribution in [1.82, 2.24) is 0 Å². The van der Waals surface area contributed by atoms with Crippen LogP contribution in [0.4, 0.5) is 0 Å². The summed E-state index contributed by atoms with van der Waals surface area (Å²) in [4.78, 5) is 23.3. The molecule has 0 aliphatic carbocycles. The van der Waals surface area contributed by atoms with Gasteiger partial charge in [0.15, 0.2) is 5.41 Å². The van der Waals surface area contributed by atoms with Crippen LogP contribution in [-0.2, 0) is 19.1 Å². The summed E-state index contributed by atoms with van der Waals surface area (Å²) in [5.74, 6) is -1.37. The van der Waals surface area contributed by atoms with E-state index in [0.29, 0.717) is 0 Å². The third-order valence-electron chi connectivity index (χ3n) is 2.11. The zero-order valence-corrected chi connectivity index (χ0v) is 8.99. The van der Waals surface area contributed by atoms with Crippen molar-refractivity contribution >= 4 is 11.9 Å². The summed E-state index contributed by atoms with van der Waals surface area (Å²) in [6.45, 7) is 4.52. The minimum Gasteiger partial charge on any atom is -0.468 e. The zero-order chi connectivity index (χ0) is 12.6. The molecular formula is C11H16O4. The molecule has 0 spiro atoms. The quantitative estimate of drug-likeness (QED) is 0.291. The van der Waals surface area contributed by atoms with Crippen LogP contribution < -0.4 is 0 Å². The predicted molar refractivity (Wildman–Crippen MR) is 56.1 cm³/mol. The predicted octanol–water partition coefficient (Wildman–Crippen LogP) is 1.47. The summed E-state index contributed by atoms with van der Waals surface area (Å²) in [7, 11) is 2.40. The average Bonchev–Trinajstić information content (AvgIpc) is 2.32. The van der Waals surface area contributed by atoms with E-state index < -0.39 is 17.4 Å². The monoisotopic (exact) mass is 214 g/mol. The van der Waals surface area contributed by atoms with Crippen LogP contribution in [0.25, 0.3) is 0 Å². The molecule has 0 atom stereocenters. The van der Waals surface area contributed by atoms with E-state index in [1.54, 1.807) is 0 Å². The van der Waals surface area contributed by atoms with Gasteiger partial charge in [-0.3, -0.25) is 9.59 Å². The van der Waals surface area contributed by atoms with Crippen molar-refractivity contribution < 1.29 is 20.4 Å². The van der Waals surface area contributed by atoms with Crippen molar-refractivity contribution in [2.24, 2.45) is 5.41 Å². The molecule has 84 valence electrons. The molecule has 0 fully saturated rings. The van der Waals surface area contributed by atoms with E-state index in [1.807, 2.05) is 0 Å². The molecule has 0 bridgehead atoms. The van der Waals surface area contributed by atoms with Crippen LogP contribution in [0.15, 0.2) is 25.3 Å². The Morgan fingerprint density at radius 2 is 1.73 bits per heavy atom. The highest BCUT2D eigenvalue weighted by molar-refractivity contribution is 6.00. The van der Waals surface area contributed by atoms with E-state index in [4.69, 9.17) is 1.37 Å². The molecule has 0 unspecified atom stereocenters. The van der Waals surface area contributed by atoms with E-state index in [9.17, 15) is 9.59 Å². The lowest BCUT2D eigenvalue weighted by Crippen LogP contribution is -2.40. The molecule has 0 amide bonds. The second-order valence-electron chi connectivity index (χ2n) is 3.00. The van der Waals surface area contributed by atoms with Crippen LogP contribution >= 0.6 is 0 Å². The van der Waals surface area contributed by atoms with Crippen LogP contribution in [0, 0.1) is 5.41 Å². The largest absolute Gasteiger partial charge is 0.468 e. The first-order chi connectivity index (χ1) is 7.58. The molecule has 0 aromatic heterocycles. The van der Waals surface area contributed by atoms with Crippen molar-refractivity contribution in [2.45, 2.75) is 12.8 Å². The van der Waals surface area contributed by atoms with Gasteiger partial charge in [0.05, 0.1) is 15.6 Å². The van der Waals surface area contributed by atoms with Gasteiger partial charge in [0, 0.05) is 0 Å². The lowest BCUT2D eigenvalue weighted by Gasteiger charge is -2.25. The fourth-order valence-electron chi connectivity index (χ4n) is 1.34. The Morgan fingerprint density at radius 1 is 1.27 bits per heavy atom. The molecule has 0 radical (unpaired) electrons. The molecule has 0 N–H and O–H groups in total. The number of carbonyl (C=O) groups is 2. The standard InChI is InChI=1S/C11H16O4/c1-5-7-11(8-6-2,9(12)14-3)10(13)15-4/h5-6H,1-2,7-8H2,3-4H3/i1D,8+1. The minimum absolute atomic E-state index is 0.0574. The van der Waals surface area contributed by atoms with Crippen LogP contribution in [0.1, 0.15) is 14.2 Å². The van der Waals surface area contributed by atoms with Gasteiger partial charge in [-0.25, -0.2) is 0 Å². The number of methoxy groups -OCH3 is 2. The van der Waals surface area contributed by atoms with E-state index in [2.05, 4.69) is 16.1 Å². The minimum atomic E-state index is -1.43. The molecular weight excluding hydrogens is 197 g/mol. The van der Waals surface area contributed by atoms with Gasteiger partial charge in [0.1, 0.15) is 0 Å². The van der Waals surface area contributed by atoms with Gasteiger partial charge in [0.2, 0.25) is 0 Å². The maximum absolute atomic E-state index is 11.7. The first kappa shape index (κ1) is 11.5. The highest BCUT2D eigenvalue weighted by atomic mass is 16.5. The molecule has 0 rings (SSSR count). The maximum Gasteiger partial charge on any atom is 0.323 e. The van der Waals surface area contributed by atoms with Crippen LogP contribution in [-0.4, -0.2) is 26.2 Å². The summed E-state index contributed by atoms with van der Waals surface area (Å²) in [6.07, 6.45) is 3.02. The number of esters is 2. The summed E-state index contributed by atoms with van der Waals surface area (Å²) < 4.78 is 16.1. The lowest BCUT2D eigenvalue weighted by atomic mass is 9.90. The number of carbonyl (C=O) groups excluding carboxylic acids is 2. The molecule has 15 heavy (non-hydrogen) atoms. The Bertz CT molecular complexity index is 280. The van der Waals surface area contributed by atoms with Crippen molar-refractivity contribution in [2.75, 3.05) is 14.2 Å². The Morgan fingerprint density at radius 3 is 2.07 bits per heavy atom. The average molecular weight is 214 g/mol. The van der Waals surface area contributed by atoms with Crippen LogP contribution in [0.5, 0.6) is 0 Å². The first-order valence-corrected chi connectivity index (χ1v) is 4.40. The van der Waals surface area contributed by atoms with E-state index in [0.717, 1.165) is 6.55 Å². The number of hydrogen-bond donors (Lipinski definition) is 0. The molecule has 0 aliphatic rings. The second-order valence-corrected chi connectivity index (χ2v) is 3.00. The smallest absolute Gasteiger partial charge is 0.323 e. The van der Waals surface area contributed by atoms with Gasteiger partial charge >= 0.3 is 11.9 Å². The van der Waals surface area contributed by atoms with Crippen molar-refractivity contribution in [3.63, 3.8) is 0 Å². The fraction of sp³-hybridized carbons (Fsp3) is 0.455. The summed E-state index contributed by atoms with van der Waals surface area (Å²) in [5, 5.41) is 0. The molecule has 0 aliphatic heterocycles. The Kier molecular flexibility index (Phi) is 4.60. The maximum atomic E-state index is 11.7. The molecule has 4 heteroatoms. The molecule has 0 saturated heterocycles. The third kappa shape index (κ3) is 2.68. The Labute approximate surface area is 91.0 Å². The van der Waals surface area contributed by atoms with Gasteiger partial charge in [-0.05, 0) is 12.8 Å². The number of rotatable bonds is 6. The Hall–Kier alpha value is -1.58. The van der Waals surface area contributed by atoms with Crippen molar-refractivity contribution in [3.05, 3.63) is 25.3 Å². The number of allylic oxidation sites excluding steroid dienone is 2.